The van der Waals surface area contributed by atoms with Crippen LogP contribution in [0.5, 0.6) is 0 Å². The minimum Gasteiger partial charge on any atom is -0.460 e. The number of carbonyl (C=O) groups excluding carboxylic acids is 1. The molecule has 0 saturated heterocycles. The molecule has 0 N–H and O–H groups in total. The molecular weight excluding hydrogens is 520 g/mol. The molecule has 1 aliphatic rings. The molecule has 4 rings (SSSR count). The standard InChI is InChI=1S/C25H25BrN2O5S/c1-14(2)16-5-7-17(8-6-16)22-21(24(30)32-12-11-31-4)15(3)27-25-28(22)23(29)19(34-25)13-18-9-10-20(26)33-18/h5-10,13-14,22H,11-12H2,1-4H3. The topological polar surface area (TPSA) is 83.0 Å². The fraction of sp³-hybridized carbons (Fsp3) is 0.320. The summed E-state index contributed by atoms with van der Waals surface area (Å²) in [6, 6.07) is 10.9. The Morgan fingerprint density at radius 3 is 2.59 bits per heavy atom. The van der Waals surface area contributed by atoms with Crippen molar-refractivity contribution in [1.29, 1.82) is 0 Å². The first-order valence-corrected chi connectivity index (χ1v) is 12.4. The number of hydrogen-bond acceptors (Lipinski definition) is 7. The molecule has 3 heterocycles. The number of ether oxygens (including phenoxy) is 2. The van der Waals surface area contributed by atoms with E-state index in [-0.39, 0.29) is 18.8 Å². The largest absolute Gasteiger partial charge is 0.460 e. The zero-order chi connectivity index (χ0) is 24.4. The van der Waals surface area contributed by atoms with E-state index in [9.17, 15) is 9.59 Å². The lowest BCUT2D eigenvalue weighted by molar-refractivity contribution is -0.140. The number of allylic oxidation sites excluding steroid dienone is 1. The van der Waals surface area contributed by atoms with Crippen LogP contribution in [0, 0.1) is 0 Å². The number of rotatable bonds is 7. The van der Waals surface area contributed by atoms with Gasteiger partial charge in [-0.15, -0.1) is 0 Å². The third kappa shape index (κ3) is 4.87. The van der Waals surface area contributed by atoms with Gasteiger partial charge in [-0.3, -0.25) is 9.36 Å². The second-order valence-electron chi connectivity index (χ2n) is 8.17. The highest BCUT2D eigenvalue weighted by atomic mass is 79.9. The van der Waals surface area contributed by atoms with Gasteiger partial charge in [-0.2, -0.15) is 0 Å². The molecule has 0 saturated carbocycles. The van der Waals surface area contributed by atoms with Gasteiger partial charge in [-0.25, -0.2) is 9.79 Å². The molecule has 0 bridgehead atoms. The van der Waals surface area contributed by atoms with Crippen LogP contribution in [-0.4, -0.2) is 30.9 Å². The molecular formula is C25H25BrN2O5S. The van der Waals surface area contributed by atoms with Crippen LogP contribution in [0.4, 0.5) is 0 Å². The predicted molar refractivity (Wildman–Crippen MR) is 134 cm³/mol. The molecule has 0 spiro atoms. The predicted octanol–water partition coefficient (Wildman–Crippen LogP) is 3.90. The molecule has 1 aliphatic heterocycles. The van der Waals surface area contributed by atoms with Gasteiger partial charge in [0.05, 0.1) is 28.5 Å². The molecule has 0 fully saturated rings. The van der Waals surface area contributed by atoms with Crippen LogP contribution < -0.4 is 14.9 Å². The van der Waals surface area contributed by atoms with Crippen molar-refractivity contribution in [2.75, 3.05) is 20.3 Å². The van der Waals surface area contributed by atoms with Crippen LogP contribution in [-0.2, 0) is 14.3 Å². The van der Waals surface area contributed by atoms with Crippen molar-refractivity contribution < 1.29 is 18.7 Å². The monoisotopic (exact) mass is 544 g/mol. The molecule has 34 heavy (non-hydrogen) atoms. The fourth-order valence-electron chi connectivity index (χ4n) is 3.79. The van der Waals surface area contributed by atoms with Crippen molar-refractivity contribution >= 4 is 39.3 Å². The van der Waals surface area contributed by atoms with Crippen molar-refractivity contribution in [3.63, 3.8) is 0 Å². The number of nitrogens with zero attached hydrogens (tertiary/aromatic N) is 2. The number of halogens is 1. The smallest absolute Gasteiger partial charge is 0.338 e. The van der Waals surface area contributed by atoms with Gasteiger partial charge in [0.15, 0.2) is 9.47 Å². The van der Waals surface area contributed by atoms with E-state index in [1.165, 1.54) is 16.9 Å². The second kappa shape index (κ2) is 10.2. The van der Waals surface area contributed by atoms with Crippen LogP contribution in [0.2, 0.25) is 0 Å². The van der Waals surface area contributed by atoms with Gasteiger partial charge >= 0.3 is 5.97 Å². The van der Waals surface area contributed by atoms with Crippen LogP contribution in [0.25, 0.3) is 6.08 Å². The van der Waals surface area contributed by atoms with Crippen LogP contribution in [0.1, 0.15) is 49.6 Å². The third-order valence-electron chi connectivity index (χ3n) is 5.55. The number of carbonyl (C=O) groups is 1. The number of furan rings is 1. The summed E-state index contributed by atoms with van der Waals surface area (Å²) in [7, 11) is 1.54. The van der Waals surface area contributed by atoms with Gasteiger partial charge in [-0.05, 0) is 52.0 Å². The molecule has 1 aromatic carbocycles. The summed E-state index contributed by atoms with van der Waals surface area (Å²) >= 11 is 4.54. The summed E-state index contributed by atoms with van der Waals surface area (Å²) in [4.78, 5) is 31.8. The van der Waals surface area contributed by atoms with Crippen molar-refractivity contribution in [1.82, 2.24) is 4.57 Å². The molecule has 0 amide bonds. The summed E-state index contributed by atoms with van der Waals surface area (Å²) in [5.41, 5.74) is 2.60. The van der Waals surface area contributed by atoms with Gasteiger partial charge in [0, 0.05) is 13.2 Å². The van der Waals surface area contributed by atoms with E-state index in [1.54, 1.807) is 36.8 Å². The Labute approximate surface area is 209 Å². The van der Waals surface area contributed by atoms with Crippen LogP contribution >= 0.6 is 27.3 Å². The Morgan fingerprint density at radius 1 is 1.24 bits per heavy atom. The van der Waals surface area contributed by atoms with Gasteiger partial charge in [-0.1, -0.05) is 49.4 Å². The highest BCUT2D eigenvalue weighted by molar-refractivity contribution is 9.10. The number of esters is 1. The SMILES string of the molecule is COCCOC(=O)C1=C(C)N=c2sc(=Cc3ccc(Br)o3)c(=O)n2C1c1ccc(C(C)C)cc1. The lowest BCUT2D eigenvalue weighted by Gasteiger charge is -2.25. The van der Waals surface area contributed by atoms with Gasteiger partial charge < -0.3 is 13.9 Å². The highest BCUT2D eigenvalue weighted by Gasteiger charge is 2.33. The highest BCUT2D eigenvalue weighted by Crippen LogP contribution is 2.31. The summed E-state index contributed by atoms with van der Waals surface area (Å²) in [6.07, 6.45) is 1.68. The van der Waals surface area contributed by atoms with E-state index >= 15 is 0 Å². The minimum atomic E-state index is -0.655. The normalized spacial score (nSPS) is 16.1. The second-order valence-corrected chi connectivity index (χ2v) is 9.96. The maximum atomic E-state index is 13.6. The maximum Gasteiger partial charge on any atom is 0.338 e. The van der Waals surface area contributed by atoms with E-state index in [0.29, 0.717) is 37.0 Å². The molecule has 0 radical (unpaired) electrons. The summed E-state index contributed by atoms with van der Waals surface area (Å²) in [5.74, 6) is 0.393. The van der Waals surface area contributed by atoms with Crippen molar-refractivity contribution in [3.8, 4) is 0 Å². The molecule has 178 valence electrons. The number of methoxy groups -OCH3 is 1. The molecule has 0 aliphatic carbocycles. The van der Waals surface area contributed by atoms with Crippen LogP contribution in [0.3, 0.4) is 0 Å². The van der Waals surface area contributed by atoms with Crippen molar-refractivity contribution in [3.05, 3.63) is 88.9 Å². The zero-order valence-electron chi connectivity index (χ0n) is 19.3. The summed E-state index contributed by atoms with van der Waals surface area (Å²) in [5, 5.41) is 0. The van der Waals surface area contributed by atoms with E-state index in [2.05, 4.69) is 34.8 Å². The number of benzene rings is 1. The average molecular weight is 545 g/mol. The Balaban J connectivity index is 1.87. The Hall–Kier alpha value is -2.75. The van der Waals surface area contributed by atoms with E-state index in [0.717, 1.165) is 5.56 Å². The summed E-state index contributed by atoms with van der Waals surface area (Å²) < 4.78 is 18.6. The number of thiazole rings is 1. The number of fused-ring (bicyclic) bond motifs is 1. The Kier molecular flexibility index (Phi) is 7.35. The quantitative estimate of drug-likeness (QED) is 0.332. The molecule has 7 nitrogen and oxygen atoms in total. The first-order chi connectivity index (χ1) is 16.3. The van der Waals surface area contributed by atoms with Crippen molar-refractivity contribution in [2.24, 2.45) is 4.99 Å². The van der Waals surface area contributed by atoms with Gasteiger partial charge in [0.25, 0.3) is 5.56 Å². The minimum absolute atomic E-state index is 0.114. The third-order valence-corrected chi connectivity index (χ3v) is 6.96. The number of hydrogen-bond donors (Lipinski definition) is 0. The first-order valence-electron chi connectivity index (χ1n) is 10.8. The average Bonchev–Trinajstić information content (AvgIpc) is 3.35. The van der Waals surface area contributed by atoms with E-state index in [4.69, 9.17) is 13.9 Å². The first kappa shape index (κ1) is 24.4. The molecule has 3 aromatic rings. The Morgan fingerprint density at radius 2 is 1.97 bits per heavy atom. The van der Waals surface area contributed by atoms with Crippen molar-refractivity contribution in [2.45, 2.75) is 32.7 Å². The maximum absolute atomic E-state index is 13.6. The lowest BCUT2D eigenvalue weighted by atomic mass is 9.93. The zero-order valence-corrected chi connectivity index (χ0v) is 21.7. The van der Waals surface area contributed by atoms with E-state index in [1.807, 2.05) is 24.3 Å². The van der Waals surface area contributed by atoms with Crippen LogP contribution in [0.15, 0.2) is 66.5 Å². The van der Waals surface area contributed by atoms with Gasteiger partial charge in [0.2, 0.25) is 0 Å². The molecule has 1 unspecified atom stereocenters. The Bertz CT molecular complexity index is 1410. The van der Waals surface area contributed by atoms with Gasteiger partial charge in [0.1, 0.15) is 12.4 Å². The molecule has 1 atom stereocenters. The number of aromatic nitrogens is 1. The fourth-order valence-corrected chi connectivity index (χ4v) is 5.14. The molecule has 2 aromatic heterocycles. The lowest BCUT2D eigenvalue weighted by Crippen LogP contribution is -2.40. The van der Waals surface area contributed by atoms with E-state index < -0.39 is 12.0 Å². The molecule has 9 heteroatoms. The summed E-state index contributed by atoms with van der Waals surface area (Å²) in [6.45, 7) is 6.40.